The van der Waals surface area contributed by atoms with Crippen molar-refractivity contribution in [2.75, 3.05) is 0 Å². The molecular formula is C26H23Cl. The van der Waals surface area contributed by atoms with Crippen LogP contribution >= 0.6 is 11.6 Å². The Morgan fingerprint density at radius 2 is 1.70 bits per heavy atom. The lowest BCUT2D eigenvalue weighted by Gasteiger charge is -2.37. The van der Waals surface area contributed by atoms with Gasteiger partial charge in [0.2, 0.25) is 0 Å². The third-order valence-electron chi connectivity index (χ3n) is 7.54. The SMILES string of the molecule is Cc1cccc2c1C1(CC3CCC1C3)c1cc(-c3ccc(Cl)cc3)ccc1-2. The molecule has 3 aromatic carbocycles. The average molecular weight is 371 g/mol. The molecule has 1 spiro atoms. The molecule has 0 saturated heterocycles. The van der Waals surface area contributed by atoms with Crippen LogP contribution in [-0.4, -0.2) is 0 Å². The Bertz CT molecular complexity index is 1060. The third kappa shape index (κ3) is 2.05. The lowest BCUT2D eigenvalue weighted by molar-refractivity contribution is 0.326. The monoisotopic (exact) mass is 370 g/mol. The lowest BCUT2D eigenvalue weighted by Crippen LogP contribution is -2.32. The topological polar surface area (TPSA) is 0 Å². The number of fused-ring (bicyclic) bond motifs is 8. The second-order valence-corrected chi connectivity index (χ2v) is 9.25. The fourth-order valence-corrected chi connectivity index (χ4v) is 6.68. The van der Waals surface area contributed by atoms with Gasteiger partial charge in [0.05, 0.1) is 0 Å². The van der Waals surface area contributed by atoms with Crippen LogP contribution in [0.4, 0.5) is 0 Å². The van der Waals surface area contributed by atoms with Gasteiger partial charge in [0.25, 0.3) is 0 Å². The quantitative estimate of drug-likeness (QED) is 0.418. The van der Waals surface area contributed by atoms with E-state index >= 15 is 0 Å². The van der Waals surface area contributed by atoms with Crippen LogP contribution in [0, 0.1) is 18.8 Å². The maximum absolute atomic E-state index is 6.11. The fraction of sp³-hybridized carbons (Fsp3) is 0.308. The average Bonchev–Trinajstić information content (AvgIpc) is 3.36. The highest BCUT2D eigenvalue weighted by Crippen LogP contribution is 2.66. The van der Waals surface area contributed by atoms with Crippen molar-refractivity contribution >= 4 is 11.6 Å². The zero-order chi connectivity index (χ0) is 18.2. The molecule has 0 radical (unpaired) electrons. The van der Waals surface area contributed by atoms with E-state index in [-0.39, 0.29) is 5.41 Å². The molecule has 2 fully saturated rings. The summed E-state index contributed by atoms with van der Waals surface area (Å²) < 4.78 is 0. The van der Waals surface area contributed by atoms with E-state index < -0.39 is 0 Å². The van der Waals surface area contributed by atoms with E-state index in [9.17, 15) is 0 Å². The van der Waals surface area contributed by atoms with Gasteiger partial charge in [0, 0.05) is 10.4 Å². The predicted molar refractivity (Wildman–Crippen MR) is 113 cm³/mol. The molecule has 3 aliphatic rings. The second-order valence-electron chi connectivity index (χ2n) is 8.82. The largest absolute Gasteiger partial charge is 0.0843 e. The van der Waals surface area contributed by atoms with Crippen molar-refractivity contribution in [3.63, 3.8) is 0 Å². The number of rotatable bonds is 1. The number of aryl methyl sites for hydroxylation is 1. The van der Waals surface area contributed by atoms with Crippen molar-refractivity contribution in [2.45, 2.75) is 38.0 Å². The van der Waals surface area contributed by atoms with E-state index in [1.54, 1.807) is 11.1 Å². The first kappa shape index (κ1) is 16.0. The molecule has 2 saturated carbocycles. The minimum atomic E-state index is 0.251. The van der Waals surface area contributed by atoms with Gasteiger partial charge in [-0.15, -0.1) is 0 Å². The first-order valence-electron chi connectivity index (χ1n) is 10.2. The molecule has 0 aromatic heterocycles. The summed E-state index contributed by atoms with van der Waals surface area (Å²) in [5.74, 6) is 1.72. The summed E-state index contributed by atoms with van der Waals surface area (Å²) in [5, 5.41) is 0.799. The summed E-state index contributed by atoms with van der Waals surface area (Å²) in [4.78, 5) is 0. The maximum Gasteiger partial charge on any atom is 0.0406 e. The Labute approximate surface area is 166 Å². The van der Waals surface area contributed by atoms with E-state index in [1.807, 2.05) is 12.1 Å². The molecule has 2 bridgehead atoms. The standard InChI is InChI=1S/C26H23Cl/c1-16-3-2-4-23-22-12-8-19(18-6-10-21(27)11-7-18)14-24(22)26(25(16)23)15-17-5-9-20(26)13-17/h2-4,6-8,10-12,14,17,20H,5,9,13,15H2,1H3. The lowest BCUT2D eigenvalue weighted by atomic mass is 9.65. The number of hydrogen-bond acceptors (Lipinski definition) is 0. The van der Waals surface area contributed by atoms with Gasteiger partial charge in [-0.1, -0.05) is 60.5 Å². The minimum Gasteiger partial charge on any atom is -0.0843 e. The molecule has 3 atom stereocenters. The van der Waals surface area contributed by atoms with Gasteiger partial charge in [0.1, 0.15) is 0 Å². The molecule has 27 heavy (non-hydrogen) atoms. The smallest absolute Gasteiger partial charge is 0.0406 e. The Morgan fingerprint density at radius 3 is 2.44 bits per heavy atom. The first-order valence-corrected chi connectivity index (χ1v) is 10.6. The number of benzene rings is 3. The molecule has 6 rings (SSSR count). The summed E-state index contributed by atoms with van der Waals surface area (Å²) in [6.45, 7) is 2.32. The molecule has 3 aliphatic carbocycles. The van der Waals surface area contributed by atoms with Crippen molar-refractivity contribution < 1.29 is 0 Å². The van der Waals surface area contributed by atoms with Crippen LogP contribution in [0.3, 0.4) is 0 Å². The zero-order valence-electron chi connectivity index (χ0n) is 15.6. The minimum absolute atomic E-state index is 0.251. The highest BCUT2D eigenvalue weighted by molar-refractivity contribution is 6.30. The third-order valence-corrected chi connectivity index (χ3v) is 7.79. The van der Waals surface area contributed by atoms with Gasteiger partial charge in [-0.05, 0) is 95.2 Å². The van der Waals surface area contributed by atoms with E-state index in [0.29, 0.717) is 0 Å². The van der Waals surface area contributed by atoms with Crippen LogP contribution in [-0.2, 0) is 5.41 Å². The molecule has 134 valence electrons. The molecule has 3 aromatic rings. The summed E-state index contributed by atoms with van der Waals surface area (Å²) >= 11 is 6.11. The van der Waals surface area contributed by atoms with Crippen LogP contribution in [0.1, 0.15) is 42.4 Å². The Kier molecular flexibility index (Phi) is 3.24. The summed E-state index contributed by atoms with van der Waals surface area (Å²) in [6, 6.07) is 22.3. The maximum atomic E-state index is 6.11. The van der Waals surface area contributed by atoms with Crippen molar-refractivity contribution in [3.8, 4) is 22.3 Å². The first-order chi connectivity index (χ1) is 13.2. The van der Waals surface area contributed by atoms with Gasteiger partial charge < -0.3 is 0 Å². The molecule has 0 aliphatic heterocycles. The van der Waals surface area contributed by atoms with Crippen LogP contribution in [0.15, 0.2) is 60.7 Å². The summed E-state index contributed by atoms with van der Waals surface area (Å²) in [6.07, 6.45) is 5.58. The summed E-state index contributed by atoms with van der Waals surface area (Å²) in [7, 11) is 0. The van der Waals surface area contributed by atoms with Crippen molar-refractivity contribution in [1.29, 1.82) is 0 Å². The molecule has 0 amide bonds. The van der Waals surface area contributed by atoms with E-state index in [1.165, 1.54) is 53.5 Å². The van der Waals surface area contributed by atoms with Crippen molar-refractivity contribution in [3.05, 3.63) is 82.4 Å². The highest BCUT2D eigenvalue weighted by atomic mass is 35.5. The van der Waals surface area contributed by atoms with E-state index in [0.717, 1.165) is 16.9 Å². The molecule has 1 heteroatoms. The van der Waals surface area contributed by atoms with Gasteiger partial charge in [-0.2, -0.15) is 0 Å². The zero-order valence-corrected chi connectivity index (χ0v) is 16.4. The Morgan fingerprint density at radius 1 is 0.889 bits per heavy atom. The number of hydrogen-bond donors (Lipinski definition) is 0. The highest BCUT2D eigenvalue weighted by Gasteiger charge is 2.57. The van der Waals surface area contributed by atoms with Crippen molar-refractivity contribution in [1.82, 2.24) is 0 Å². The van der Waals surface area contributed by atoms with Gasteiger partial charge in [0.15, 0.2) is 0 Å². The second kappa shape index (κ2) is 5.49. The van der Waals surface area contributed by atoms with E-state index in [2.05, 4.69) is 55.5 Å². The van der Waals surface area contributed by atoms with Gasteiger partial charge in [-0.25, -0.2) is 0 Å². The predicted octanol–water partition coefficient (Wildman–Crippen LogP) is 7.40. The van der Waals surface area contributed by atoms with Crippen molar-refractivity contribution in [2.24, 2.45) is 11.8 Å². The Balaban J connectivity index is 1.61. The van der Waals surface area contributed by atoms with Crippen LogP contribution in [0.25, 0.3) is 22.3 Å². The molecule has 0 N–H and O–H groups in total. The number of halogens is 1. The normalized spacial score (nSPS) is 27.2. The van der Waals surface area contributed by atoms with Crippen LogP contribution in [0.2, 0.25) is 5.02 Å². The Hall–Kier alpha value is -2.05. The molecule has 3 unspecified atom stereocenters. The summed E-state index contributed by atoms with van der Waals surface area (Å²) in [5.41, 5.74) is 10.5. The van der Waals surface area contributed by atoms with E-state index in [4.69, 9.17) is 11.6 Å². The molecular weight excluding hydrogens is 348 g/mol. The van der Waals surface area contributed by atoms with Gasteiger partial charge in [-0.3, -0.25) is 0 Å². The molecule has 0 heterocycles. The van der Waals surface area contributed by atoms with Gasteiger partial charge >= 0.3 is 0 Å². The fourth-order valence-electron chi connectivity index (χ4n) is 6.56. The van der Waals surface area contributed by atoms with Crippen LogP contribution < -0.4 is 0 Å². The van der Waals surface area contributed by atoms with Crippen LogP contribution in [0.5, 0.6) is 0 Å². The molecule has 0 nitrogen and oxygen atoms in total.